The Morgan fingerprint density at radius 3 is 1.91 bits per heavy atom. The van der Waals surface area contributed by atoms with Crippen LogP contribution in [0.15, 0.2) is 97.5 Å². The molecule has 2 aromatic heterocycles. The van der Waals surface area contributed by atoms with Crippen molar-refractivity contribution in [2.24, 2.45) is 23.1 Å². The number of halogens is 1. The third-order valence-corrected chi connectivity index (χ3v) is 18.1. The number of aromatic amines is 2. The molecule has 2 heterocycles. The predicted molar refractivity (Wildman–Crippen MR) is 400 cm³/mol. The molecule has 0 bridgehead atoms. The third-order valence-electron chi connectivity index (χ3n) is 18.1. The van der Waals surface area contributed by atoms with Crippen LogP contribution in [0.25, 0.3) is 11.1 Å². The van der Waals surface area contributed by atoms with Crippen molar-refractivity contribution in [3.8, 4) is 16.9 Å². The lowest BCUT2D eigenvalue weighted by Crippen LogP contribution is -2.67. The summed E-state index contributed by atoms with van der Waals surface area (Å²) < 4.78 is 21.5. The number of aliphatic hydroxyl groups is 3. The number of nitrogens with one attached hydrogen (secondary N) is 11. The van der Waals surface area contributed by atoms with Gasteiger partial charge in [-0.2, -0.15) is 5.21 Å². The SMILES string of the molecule is CCc1cc(OCCCCN)ccc1-c1ccc(C[C@H](NC(=O)[C@H](CC(=O)O)NC(=O)[C@H](CO)NC(=O)[C@@H](NC(=O)[C@](C)(Cc2ccccc2F)NC(=O)[C@@H](NC(=O)CNC(=O)[C@H](Cc2nn[nH]n2)NC(=O)[C@H](C)CC(=O)[C@@H](N)Cc2cnc[nH]2)[C@@H](C)O)[C@@H](C)O)C(=O)N[C@@H](CCCc2cc(C)cc(C)c2)C(N)=O)cc1. The van der Waals surface area contributed by atoms with E-state index in [0.29, 0.717) is 49.4 Å². The number of ketones is 1. The second kappa shape index (κ2) is 43.1. The number of hydrogen-bond donors (Lipinski definition) is 18. The summed E-state index contributed by atoms with van der Waals surface area (Å²) in [6.45, 7) is 9.30. The number of tetrazole rings is 1. The number of unbranched alkanes of at least 4 members (excludes halogenated alkanes) is 1. The van der Waals surface area contributed by atoms with E-state index in [0.717, 1.165) is 73.1 Å². The van der Waals surface area contributed by atoms with Crippen molar-refractivity contribution in [1.29, 1.82) is 0 Å². The number of carbonyl (C=O) groups excluding carboxylic acids is 11. The first-order chi connectivity index (χ1) is 52.7. The van der Waals surface area contributed by atoms with Gasteiger partial charge in [0.2, 0.25) is 59.1 Å². The molecule has 6 rings (SSSR count). The van der Waals surface area contributed by atoms with Crippen molar-refractivity contribution in [1.82, 2.24) is 78.4 Å². The number of hydrogen-bond acceptors (Lipinski definition) is 22. The van der Waals surface area contributed by atoms with Crippen molar-refractivity contribution < 1.29 is 87.1 Å². The van der Waals surface area contributed by atoms with Crippen LogP contribution in [0.1, 0.15) is 118 Å². The fraction of sp³-hybridized carbons (Fsp3) is 0.467. The zero-order chi connectivity index (χ0) is 81.6. The number of aromatic nitrogens is 6. The maximum Gasteiger partial charge on any atom is 0.305 e. The number of imidazole rings is 1. The molecule has 35 nitrogen and oxygen atoms in total. The molecule has 6 aromatic rings. The molecule has 0 unspecified atom stereocenters. The Kier molecular flexibility index (Phi) is 34.3. The number of aliphatic carboxylic acids is 1. The van der Waals surface area contributed by atoms with Gasteiger partial charge in [-0.1, -0.05) is 96.9 Å². The third kappa shape index (κ3) is 27.9. The maximum absolute atomic E-state index is 15.5. The molecule has 0 saturated carbocycles. The quantitative estimate of drug-likeness (QED) is 0.0190. The Hall–Kier alpha value is -11.5. The van der Waals surface area contributed by atoms with Gasteiger partial charge in [-0.05, 0) is 131 Å². The second-order valence-electron chi connectivity index (χ2n) is 27.6. The van der Waals surface area contributed by atoms with Crippen LogP contribution in [-0.4, -0.2) is 214 Å². The molecule has 111 heavy (non-hydrogen) atoms. The van der Waals surface area contributed by atoms with Crippen LogP contribution >= 0.6 is 0 Å². The standard InChI is InChI=1S/C75H101FN18O17/c1-8-47-31-51(111-25-12-11-24-77)22-23-52(47)48-20-18-45(19-21-48)30-56(69(105)83-55(66(79)102)17-13-14-46-27-40(2)26-41(3)28-46)85-70(106)58(34-63(100)101)86-71(107)59(38-95)87-72(108)64(43(5)96)89-74(110)75(7,35-49-15-9-10-16-53(49)76)90-73(109)65(44(6)97)88-62(99)37-81-68(104)57(33-61-91-93-94-92-61)84-67(103)42(4)29-60(98)54(78)32-50-36-80-39-82-50/h9-10,15-16,18-23,26-28,31,36,39,42-44,54-59,64-65,95-97H,8,11-14,17,24-25,29-30,32-35,37-38,77-78H2,1-7H3,(H2,79,102)(H,80,82)(H,81,104)(H,83,105)(H,84,103)(H,85,106)(H,86,107)(H,87,108)(H,88,99)(H,89,110)(H,90,109)(H,100,101)(H,91,92,93,94)/t42-,43-,44-,54+,55+,56+,57+,58+,59+,64+,65+,75+/m1/s1. The lowest BCUT2D eigenvalue weighted by molar-refractivity contribution is -0.142. The molecular formula is C75H101FN18O17. The van der Waals surface area contributed by atoms with Gasteiger partial charge in [-0.25, -0.2) is 9.37 Å². The van der Waals surface area contributed by atoms with E-state index >= 15 is 4.39 Å². The molecule has 0 radical (unpaired) electrons. The number of primary amides is 1. The van der Waals surface area contributed by atoms with E-state index in [1.807, 2.05) is 57.2 Å². The minimum absolute atomic E-state index is 0.0480. The molecule has 12 atom stereocenters. The van der Waals surface area contributed by atoms with Crippen LogP contribution < -0.4 is 69.8 Å². The number of carboxylic acids is 1. The minimum atomic E-state index is -2.40. The van der Waals surface area contributed by atoms with Gasteiger partial charge in [0, 0.05) is 49.9 Å². The van der Waals surface area contributed by atoms with Crippen molar-refractivity contribution >= 4 is 70.8 Å². The zero-order valence-corrected chi connectivity index (χ0v) is 62.9. The number of amides is 10. The molecule has 0 aliphatic rings. The summed E-state index contributed by atoms with van der Waals surface area (Å²) in [5.74, 6) is -14.8. The van der Waals surface area contributed by atoms with Gasteiger partial charge in [0.1, 0.15) is 59.4 Å². The summed E-state index contributed by atoms with van der Waals surface area (Å²) in [4.78, 5) is 172. The number of nitrogens with two attached hydrogens (primary N) is 3. The van der Waals surface area contributed by atoms with E-state index in [4.69, 9.17) is 21.9 Å². The van der Waals surface area contributed by atoms with E-state index in [2.05, 4.69) is 78.4 Å². The molecule has 21 N–H and O–H groups in total. The van der Waals surface area contributed by atoms with E-state index in [1.54, 1.807) is 24.3 Å². The van der Waals surface area contributed by atoms with Gasteiger partial charge in [0.25, 0.3) is 0 Å². The van der Waals surface area contributed by atoms with Gasteiger partial charge < -0.3 is 95.2 Å². The van der Waals surface area contributed by atoms with E-state index in [1.165, 1.54) is 37.6 Å². The van der Waals surface area contributed by atoms with Crippen molar-refractivity contribution in [3.05, 3.63) is 148 Å². The summed E-state index contributed by atoms with van der Waals surface area (Å²) in [5, 5.41) is 77.2. The Balaban J connectivity index is 1.17. The van der Waals surface area contributed by atoms with Gasteiger partial charge in [0.15, 0.2) is 11.6 Å². The molecule has 4 aromatic carbocycles. The van der Waals surface area contributed by atoms with Crippen LogP contribution in [0.4, 0.5) is 4.39 Å². The molecule has 10 amide bonds. The van der Waals surface area contributed by atoms with E-state index < -0.39 is 175 Å². The van der Waals surface area contributed by atoms with Gasteiger partial charge in [-0.3, -0.25) is 57.5 Å². The van der Waals surface area contributed by atoms with Crippen LogP contribution in [-0.2, 0) is 96.1 Å². The Morgan fingerprint density at radius 1 is 0.667 bits per heavy atom. The largest absolute Gasteiger partial charge is 0.494 e. The number of aliphatic hydroxyl groups excluding tert-OH is 3. The smallest absolute Gasteiger partial charge is 0.305 e. The number of nitrogens with zero attached hydrogens (tertiary/aromatic N) is 4. The van der Waals surface area contributed by atoms with E-state index in [9.17, 15) is 78.0 Å². The topological polar surface area (TPSA) is 564 Å². The number of ether oxygens (including phenoxy) is 1. The molecule has 600 valence electrons. The Morgan fingerprint density at radius 2 is 1.30 bits per heavy atom. The highest BCUT2D eigenvalue weighted by Gasteiger charge is 2.43. The molecular weight excluding hydrogens is 1440 g/mol. The van der Waals surface area contributed by atoms with Crippen LogP contribution in [0.3, 0.4) is 0 Å². The number of H-pyrrole nitrogens is 2. The van der Waals surface area contributed by atoms with Gasteiger partial charge >= 0.3 is 5.97 Å². The van der Waals surface area contributed by atoms with Crippen molar-refractivity contribution in [2.75, 3.05) is 26.3 Å². The van der Waals surface area contributed by atoms with E-state index in [-0.39, 0.29) is 43.5 Å². The number of aryl methyl sites for hydroxylation is 4. The molecule has 0 saturated heterocycles. The molecule has 0 spiro atoms. The summed E-state index contributed by atoms with van der Waals surface area (Å²) in [5.41, 5.74) is 21.7. The number of rotatable bonds is 46. The van der Waals surface area contributed by atoms with Crippen LogP contribution in [0.2, 0.25) is 0 Å². The van der Waals surface area contributed by atoms with Gasteiger partial charge in [0.05, 0.1) is 50.8 Å². The Bertz CT molecular complexity index is 4150. The normalized spacial score (nSPS) is 14.7. The van der Waals surface area contributed by atoms with Crippen LogP contribution in [0.5, 0.6) is 5.75 Å². The average molecular weight is 1550 g/mol. The summed E-state index contributed by atoms with van der Waals surface area (Å²) in [6.07, 6.45) is -0.294. The first kappa shape index (κ1) is 88.4. The first-order valence-electron chi connectivity index (χ1n) is 36.2. The molecule has 0 fully saturated rings. The average Bonchev–Trinajstić information content (AvgIpc) is 1.06. The highest BCUT2D eigenvalue weighted by molar-refractivity contribution is 6.00. The monoisotopic (exact) mass is 1540 g/mol. The molecule has 0 aliphatic heterocycles. The fourth-order valence-corrected chi connectivity index (χ4v) is 12.0. The number of carbonyl (C=O) groups is 12. The highest BCUT2D eigenvalue weighted by Crippen LogP contribution is 2.29. The number of carboxylic acid groups (broad SMARTS) is 1. The highest BCUT2D eigenvalue weighted by atomic mass is 19.1. The lowest BCUT2D eigenvalue weighted by Gasteiger charge is -2.34. The summed E-state index contributed by atoms with van der Waals surface area (Å²) in [6, 6.07) is 10.1. The van der Waals surface area contributed by atoms with Gasteiger partial charge in [-0.15, -0.1) is 10.2 Å². The molecule has 36 heteroatoms. The fourth-order valence-electron chi connectivity index (χ4n) is 12.0. The number of Topliss-reactive ketones (excluding diaryl/α,β-unsaturated/α-hetero) is 1. The molecule has 0 aliphatic carbocycles. The Labute approximate surface area is 639 Å². The van der Waals surface area contributed by atoms with Crippen molar-refractivity contribution in [2.45, 2.75) is 192 Å². The lowest BCUT2D eigenvalue weighted by atomic mass is 9.90. The first-order valence-corrected chi connectivity index (χ1v) is 36.2. The van der Waals surface area contributed by atoms with Crippen LogP contribution in [0, 0.1) is 25.6 Å². The summed E-state index contributed by atoms with van der Waals surface area (Å²) >= 11 is 0. The van der Waals surface area contributed by atoms with Crippen molar-refractivity contribution in [3.63, 3.8) is 0 Å². The second-order valence-corrected chi connectivity index (χ2v) is 27.6. The maximum atomic E-state index is 15.5. The summed E-state index contributed by atoms with van der Waals surface area (Å²) in [7, 11) is 0. The predicted octanol–water partition coefficient (Wildman–Crippen LogP) is -1.66. The number of benzene rings is 4. The minimum Gasteiger partial charge on any atom is -0.494 e. The zero-order valence-electron chi connectivity index (χ0n) is 62.9.